The van der Waals surface area contributed by atoms with Gasteiger partial charge in [-0.05, 0) is 30.0 Å². The smallest absolute Gasteiger partial charge is 0.475 e. The largest absolute Gasteiger partial charge is 0.490 e. The van der Waals surface area contributed by atoms with E-state index < -0.39 is 18.0 Å². The molecule has 10 nitrogen and oxygen atoms in total. The summed E-state index contributed by atoms with van der Waals surface area (Å²) in [7, 11) is 1.93. The number of fused-ring (bicyclic) bond motifs is 2. The number of alkyl halides is 3. The summed E-state index contributed by atoms with van der Waals surface area (Å²) >= 11 is 0. The summed E-state index contributed by atoms with van der Waals surface area (Å²) in [4.78, 5) is 24.0. The summed E-state index contributed by atoms with van der Waals surface area (Å²) in [5.74, 6) is -1.41. The molecular weight excluding hydrogens is 486 g/mol. The van der Waals surface area contributed by atoms with E-state index in [1.54, 1.807) is 12.1 Å². The minimum absolute atomic E-state index is 0.286. The van der Waals surface area contributed by atoms with Crippen molar-refractivity contribution in [2.45, 2.75) is 25.7 Å². The predicted molar refractivity (Wildman–Crippen MR) is 117 cm³/mol. The SMILES string of the molecule is Cn1cc(CN2CC3Cc4nnc(C(=O)Nc5cccc(F)c5)n4CC3C2)cn1.O=C(O)C(F)(F)F. The Morgan fingerprint density at radius 2 is 1.89 bits per heavy atom. The second kappa shape index (κ2) is 10.0. The number of hydrogen-bond donors (Lipinski definition) is 2. The van der Waals surface area contributed by atoms with Crippen molar-refractivity contribution in [1.82, 2.24) is 29.4 Å². The van der Waals surface area contributed by atoms with E-state index >= 15 is 0 Å². The molecule has 4 heterocycles. The zero-order valence-electron chi connectivity index (χ0n) is 19.1. The maximum Gasteiger partial charge on any atom is 0.490 e. The van der Waals surface area contributed by atoms with Crippen LogP contribution in [0.5, 0.6) is 0 Å². The van der Waals surface area contributed by atoms with Crippen LogP contribution in [0, 0.1) is 17.7 Å². The number of rotatable bonds is 4. The summed E-state index contributed by atoms with van der Waals surface area (Å²) in [6, 6.07) is 5.84. The number of amides is 1. The highest BCUT2D eigenvalue weighted by Gasteiger charge is 2.39. The molecule has 0 aliphatic carbocycles. The first-order chi connectivity index (χ1) is 17.0. The van der Waals surface area contributed by atoms with Gasteiger partial charge in [-0.3, -0.25) is 14.4 Å². The fourth-order valence-electron chi connectivity index (χ4n) is 4.48. The molecule has 14 heteroatoms. The number of carbonyl (C=O) groups excluding carboxylic acids is 1. The number of hydrogen-bond acceptors (Lipinski definition) is 6. The molecule has 2 N–H and O–H groups in total. The maximum atomic E-state index is 13.4. The van der Waals surface area contributed by atoms with Gasteiger partial charge in [0.05, 0.1) is 6.20 Å². The molecule has 1 saturated heterocycles. The summed E-state index contributed by atoms with van der Waals surface area (Å²) in [5.41, 5.74) is 1.62. The predicted octanol–water partition coefficient (Wildman–Crippen LogP) is 2.34. The number of aryl methyl sites for hydroxylation is 1. The first kappa shape index (κ1) is 25.3. The van der Waals surface area contributed by atoms with Crippen molar-refractivity contribution in [1.29, 1.82) is 0 Å². The Kier molecular flexibility index (Phi) is 7.06. The van der Waals surface area contributed by atoms with Gasteiger partial charge in [-0.15, -0.1) is 10.2 Å². The Morgan fingerprint density at radius 1 is 1.17 bits per heavy atom. The second-order valence-electron chi connectivity index (χ2n) is 8.76. The van der Waals surface area contributed by atoms with E-state index in [4.69, 9.17) is 9.90 Å². The molecule has 192 valence electrons. The lowest BCUT2D eigenvalue weighted by Crippen LogP contribution is -2.31. The van der Waals surface area contributed by atoms with Gasteiger partial charge in [0.1, 0.15) is 11.6 Å². The molecule has 3 aromatic rings. The molecule has 1 aromatic carbocycles. The average molecular weight is 509 g/mol. The number of aliphatic carboxylic acids is 1. The van der Waals surface area contributed by atoms with Gasteiger partial charge in [-0.1, -0.05) is 6.07 Å². The molecule has 2 aliphatic heterocycles. The fraction of sp³-hybridized carbons (Fsp3) is 0.409. The first-order valence-corrected chi connectivity index (χ1v) is 11.0. The monoisotopic (exact) mass is 509 g/mol. The number of carbonyl (C=O) groups is 2. The summed E-state index contributed by atoms with van der Waals surface area (Å²) in [6.45, 7) is 3.59. The molecule has 0 bridgehead atoms. The van der Waals surface area contributed by atoms with E-state index in [9.17, 15) is 22.4 Å². The Labute approximate surface area is 202 Å². The van der Waals surface area contributed by atoms with Crippen LogP contribution in [0.2, 0.25) is 0 Å². The molecule has 0 saturated carbocycles. The van der Waals surface area contributed by atoms with Gasteiger partial charge >= 0.3 is 12.1 Å². The van der Waals surface area contributed by atoms with E-state index in [-0.39, 0.29) is 11.7 Å². The number of anilines is 1. The number of carboxylic acid groups (broad SMARTS) is 1. The van der Waals surface area contributed by atoms with E-state index in [0.717, 1.165) is 38.4 Å². The highest BCUT2D eigenvalue weighted by Crippen LogP contribution is 2.33. The van der Waals surface area contributed by atoms with Crippen LogP contribution >= 0.6 is 0 Å². The van der Waals surface area contributed by atoms with E-state index in [1.807, 2.05) is 28.7 Å². The number of likely N-dealkylation sites (tertiary alicyclic amines) is 1. The van der Waals surface area contributed by atoms with Crippen LogP contribution in [0.3, 0.4) is 0 Å². The molecule has 2 unspecified atom stereocenters. The number of nitrogens with zero attached hydrogens (tertiary/aromatic N) is 6. The number of carboxylic acids is 1. The van der Waals surface area contributed by atoms with Gasteiger partial charge in [0.2, 0.25) is 5.82 Å². The van der Waals surface area contributed by atoms with E-state index in [0.29, 0.717) is 17.5 Å². The van der Waals surface area contributed by atoms with Crippen molar-refractivity contribution in [3.8, 4) is 0 Å². The number of halogens is 4. The molecule has 2 aliphatic rings. The molecule has 1 amide bonds. The lowest BCUT2D eigenvalue weighted by Gasteiger charge is -2.25. The van der Waals surface area contributed by atoms with E-state index in [2.05, 4.69) is 25.5 Å². The Balaban J connectivity index is 0.000000384. The zero-order valence-corrected chi connectivity index (χ0v) is 19.1. The van der Waals surface area contributed by atoms with Crippen molar-refractivity contribution >= 4 is 17.6 Å². The molecule has 2 atom stereocenters. The van der Waals surface area contributed by atoms with Crippen LogP contribution in [0.15, 0.2) is 36.7 Å². The maximum absolute atomic E-state index is 13.4. The Morgan fingerprint density at radius 3 is 2.53 bits per heavy atom. The molecule has 1 fully saturated rings. The summed E-state index contributed by atoms with van der Waals surface area (Å²) in [5, 5.41) is 22.5. The quantitative estimate of drug-likeness (QED) is 0.519. The van der Waals surface area contributed by atoms with Crippen LogP contribution in [0.4, 0.5) is 23.2 Å². The topological polar surface area (TPSA) is 118 Å². The lowest BCUT2D eigenvalue weighted by atomic mass is 9.89. The zero-order chi connectivity index (χ0) is 26.0. The first-order valence-electron chi connectivity index (χ1n) is 11.0. The lowest BCUT2D eigenvalue weighted by molar-refractivity contribution is -0.192. The van der Waals surface area contributed by atoms with Crippen molar-refractivity contribution in [3.05, 3.63) is 59.7 Å². The molecule has 36 heavy (non-hydrogen) atoms. The van der Waals surface area contributed by atoms with Gasteiger partial charge in [0.15, 0.2) is 0 Å². The van der Waals surface area contributed by atoms with E-state index in [1.165, 1.54) is 17.7 Å². The molecular formula is C22H23F4N7O3. The highest BCUT2D eigenvalue weighted by atomic mass is 19.4. The molecule has 0 radical (unpaired) electrons. The minimum atomic E-state index is -5.08. The summed E-state index contributed by atoms with van der Waals surface area (Å²) < 4.78 is 48.9. The normalized spacial score (nSPS) is 19.1. The number of aromatic nitrogens is 5. The minimum Gasteiger partial charge on any atom is -0.475 e. The number of benzene rings is 1. The van der Waals surface area contributed by atoms with Crippen LogP contribution in [-0.4, -0.2) is 65.7 Å². The third-order valence-corrected chi connectivity index (χ3v) is 6.03. The number of nitrogens with one attached hydrogen (secondary N) is 1. The Bertz CT molecular complexity index is 1260. The van der Waals surface area contributed by atoms with Crippen molar-refractivity contribution in [2.75, 3.05) is 18.4 Å². The van der Waals surface area contributed by atoms with Crippen LogP contribution in [0.25, 0.3) is 0 Å². The van der Waals surface area contributed by atoms with Gasteiger partial charge in [-0.2, -0.15) is 18.3 Å². The van der Waals surface area contributed by atoms with Gasteiger partial charge in [-0.25, -0.2) is 9.18 Å². The van der Waals surface area contributed by atoms with Crippen LogP contribution in [0.1, 0.15) is 22.0 Å². The van der Waals surface area contributed by atoms with Crippen molar-refractivity contribution in [2.24, 2.45) is 18.9 Å². The third-order valence-electron chi connectivity index (χ3n) is 6.03. The fourth-order valence-corrected chi connectivity index (χ4v) is 4.48. The third kappa shape index (κ3) is 5.87. The van der Waals surface area contributed by atoms with Crippen LogP contribution in [-0.2, 0) is 31.4 Å². The second-order valence-corrected chi connectivity index (χ2v) is 8.76. The standard InChI is InChI=1S/C20H22FN7O.C2HF3O2/c1-26-8-13(7-22-26)9-27-10-14-5-18-24-25-19(28(18)12-15(14)11-27)20(29)23-17-4-2-3-16(21)6-17;3-2(4,5)1(6)7/h2-4,6-8,14-15H,5,9-12H2,1H3,(H,23,29);(H,6,7). The van der Waals surface area contributed by atoms with Gasteiger partial charge < -0.3 is 15.0 Å². The van der Waals surface area contributed by atoms with Gasteiger partial charge in [0, 0.05) is 57.1 Å². The average Bonchev–Trinajstić information content (AvgIpc) is 3.49. The molecule has 0 spiro atoms. The molecule has 5 rings (SSSR count). The highest BCUT2D eigenvalue weighted by molar-refractivity contribution is 6.01. The Hall–Kier alpha value is -3.81. The van der Waals surface area contributed by atoms with Crippen molar-refractivity contribution < 1.29 is 32.3 Å². The summed E-state index contributed by atoms with van der Waals surface area (Å²) in [6.07, 6.45) is -0.313. The van der Waals surface area contributed by atoms with Gasteiger partial charge in [0.25, 0.3) is 5.91 Å². The van der Waals surface area contributed by atoms with Crippen molar-refractivity contribution in [3.63, 3.8) is 0 Å². The molecule has 2 aromatic heterocycles. The van der Waals surface area contributed by atoms with Crippen LogP contribution < -0.4 is 5.32 Å².